The number of anilines is 1. The van der Waals surface area contributed by atoms with Gasteiger partial charge < -0.3 is 11.5 Å². The molecule has 2 aromatic rings. The molecule has 1 fully saturated rings. The second-order valence-electron chi connectivity index (χ2n) is 7.49. The molecule has 1 saturated carbocycles. The molecule has 2 aliphatic rings. The van der Waals surface area contributed by atoms with Crippen LogP contribution in [0.15, 0.2) is 44.2 Å². The summed E-state index contributed by atoms with van der Waals surface area (Å²) in [7, 11) is 0. The molecule has 0 bridgehead atoms. The van der Waals surface area contributed by atoms with Crippen molar-refractivity contribution in [2.45, 2.75) is 56.3 Å². The SMILES string of the molecule is CCCSc1nnc(-c2ccccc2N2C(N)=NC(N)=NC23CCCCC3)c(=O)[nH]1. The van der Waals surface area contributed by atoms with Gasteiger partial charge >= 0.3 is 0 Å². The Morgan fingerprint density at radius 3 is 2.67 bits per heavy atom. The van der Waals surface area contributed by atoms with E-state index in [1.165, 1.54) is 11.8 Å². The van der Waals surface area contributed by atoms with Crippen molar-refractivity contribution in [2.75, 3.05) is 10.7 Å². The van der Waals surface area contributed by atoms with Gasteiger partial charge in [-0.3, -0.25) is 14.7 Å². The molecule has 0 unspecified atom stereocenters. The molecule has 0 amide bonds. The van der Waals surface area contributed by atoms with Gasteiger partial charge in [0.2, 0.25) is 11.9 Å². The predicted molar refractivity (Wildman–Crippen MR) is 121 cm³/mol. The summed E-state index contributed by atoms with van der Waals surface area (Å²) in [5.74, 6) is 1.33. The number of thioether (sulfide) groups is 1. The molecule has 30 heavy (non-hydrogen) atoms. The van der Waals surface area contributed by atoms with Crippen molar-refractivity contribution in [1.82, 2.24) is 15.2 Å². The number of aromatic nitrogens is 3. The summed E-state index contributed by atoms with van der Waals surface area (Å²) in [6.45, 7) is 2.07. The van der Waals surface area contributed by atoms with Gasteiger partial charge in [0.25, 0.3) is 5.56 Å². The van der Waals surface area contributed by atoms with Gasteiger partial charge in [0.05, 0.1) is 5.69 Å². The molecule has 2 heterocycles. The molecular weight excluding hydrogens is 400 g/mol. The van der Waals surface area contributed by atoms with Gasteiger partial charge in [-0.05, 0) is 38.2 Å². The lowest BCUT2D eigenvalue weighted by molar-refractivity contribution is 0.305. The molecule has 0 radical (unpaired) electrons. The van der Waals surface area contributed by atoms with Gasteiger partial charge in [0.1, 0.15) is 5.66 Å². The Balaban J connectivity index is 1.80. The van der Waals surface area contributed by atoms with Crippen molar-refractivity contribution in [2.24, 2.45) is 21.5 Å². The molecule has 1 aromatic carbocycles. The molecule has 158 valence electrons. The zero-order valence-electron chi connectivity index (χ0n) is 17.0. The molecular formula is C20H26N8OS. The lowest BCUT2D eigenvalue weighted by atomic mass is 9.87. The van der Waals surface area contributed by atoms with Crippen LogP contribution in [-0.2, 0) is 0 Å². The van der Waals surface area contributed by atoms with Gasteiger partial charge in [0, 0.05) is 11.3 Å². The minimum atomic E-state index is -0.596. The van der Waals surface area contributed by atoms with E-state index >= 15 is 0 Å². The van der Waals surface area contributed by atoms with E-state index in [9.17, 15) is 4.79 Å². The molecule has 5 N–H and O–H groups in total. The van der Waals surface area contributed by atoms with E-state index in [1.807, 2.05) is 29.2 Å². The summed E-state index contributed by atoms with van der Waals surface area (Å²) in [6.07, 6.45) is 5.79. The van der Waals surface area contributed by atoms with Crippen molar-refractivity contribution in [1.29, 1.82) is 0 Å². The van der Waals surface area contributed by atoms with Gasteiger partial charge in [0.15, 0.2) is 10.9 Å². The van der Waals surface area contributed by atoms with E-state index in [4.69, 9.17) is 16.5 Å². The number of benzene rings is 1. The average molecular weight is 427 g/mol. The Kier molecular flexibility index (Phi) is 5.76. The predicted octanol–water partition coefficient (Wildman–Crippen LogP) is 2.44. The quantitative estimate of drug-likeness (QED) is 0.624. The van der Waals surface area contributed by atoms with E-state index in [0.29, 0.717) is 10.7 Å². The van der Waals surface area contributed by atoms with Gasteiger partial charge in [-0.2, -0.15) is 4.99 Å². The fourth-order valence-corrected chi connectivity index (χ4v) is 4.76. The minimum absolute atomic E-state index is 0.193. The topological polar surface area (TPSA) is 139 Å². The maximum atomic E-state index is 12.8. The van der Waals surface area contributed by atoms with E-state index in [2.05, 4.69) is 27.1 Å². The van der Waals surface area contributed by atoms with Crippen LogP contribution in [0.1, 0.15) is 45.4 Å². The number of guanidine groups is 2. The monoisotopic (exact) mass is 426 g/mol. The third-order valence-electron chi connectivity index (χ3n) is 5.37. The Labute approximate surface area is 179 Å². The number of hydrogen-bond acceptors (Lipinski definition) is 9. The second kappa shape index (κ2) is 8.47. The second-order valence-corrected chi connectivity index (χ2v) is 8.58. The highest BCUT2D eigenvalue weighted by Gasteiger charge is 2.43. The standard InChI is InChI=1S/C20H26N8OS/c1-2-12-30-19-23-16(29)15(26-27-19)13-8-4-5-9-14(13)28-18(22)24-17(21)25-20(28)10-6-3-7-11-20/h4-5,8-9H,2-3,6-7,10-12H2,1H3,(H,23,27,29)(H4,21,22,24,25). The van der Waals surface area contributed by atoms with Crippen LogP contribution in [0, 0.1) is 0 Å². The third-order valence-corrected chi connectivity index (χ3v) is 6.44. The highest BCUT2D eigenvalue weighted by atomic mass is 32.2. The Morgan fingerprint density at radius 2 is 1.93 bits per heavy atom. The van der Waals surface area contributed by atoms with Crippen LogP contribution in [0.5, 0.6) is 0 Å². The summed E-state index contributed by atoms with van der Waals surface area (Å²) < 4.78 is 0. The number of aromatic amines is 1. The van der Waals surface area contributed by atoms with E-state index in [-0.39, 0.29) is 23.2 Å². The van der Waals surface area contributed by atoms with Crippen LogP contribution in [0.2, 0.25) is 0 Å². The zero-order valence-corrected chi connectivity index (χ0v) is 17.8. The maximum Gasteiger partial charge on any atom is 0.278 e. The zero-order chi connectivity index (χ0) is 21.1. The van der Waals surface area contributed by atoms with Crippen molar-refractivity contribution in [3.63, 3.8) is 0 Å². The van der Waals surface area contributed by atoms with Crippen molar-refractivity contribution in [3.8, 4) is 11.3 Å². The third kappa shape index (κ3) is 3.79. The smallest absolute Gasteiger partial charge is 0.278 e. The molecule has 1 spiro atoms. The first-order valence-corrected chi connectivity index (χ1v) is 11.2. The molecule has 0 saturated heterocycles. The lowest BCUT2D eigenvalue weighted by Crippen LogP contribution is -2.58. The van der Waals surface area contributed by atoms with Crippen LogP contribution >= 0.6 is 11.8 Å². The van der Waals surface area contributed by atoms with Crippen LogP contribution < -0.4 is 21.9 Å². The van der Waals surface area contributed by atoms with Gasteiger partial charge in [-0.1, -0.05) is 43.3 Å². The van der Waals surface area contributed by atoms with Crippen molar-refractivity contribution in [3.05, 3.63) is 34.6 Å². The molecule has 0 atom stereocenters. The summed E-state index contributed by atoms with van der Waals surface area (Å²) >= 11 is 1.48. The number of para-hydroxylation sites is 1. The Hall–Kier alpha value is -2.88. The Morgan fingerprint density at radius 1 is 1.17 bits per heavy atom. The molecule has 1 aliphatic heterocycles. The van der Waals surface area contributed by atoms with E-state index in [1.54, 1.807) is 0 Å². The molecule has 1 aliphatic carbocycles. The van der Waals surface area contributed by atoms with Crippen molar-refractivity contribution < 1.29 is 0 Å². The molecule has 1 aromatic heterocycles. The first-order chi connectivity index (χ1) is 14.5. The summed E-state index contributed by atoms with van der Waals surface area (Å²) in [5.41, 5.74) is 13.1. The summed E-state index contributed by atoms with van der Waals surface area (Å²) in [5, 5.41) is 8.97. The maximum absolute atomic E-state index is 12.8. The highest BCUT2D eigenvalue weighted by molar-refractivity contribution is 7.99. The fourth-order valence-electron chi connectivity index (χ4n) is 4.10. The van der Waals surface area contributed by atoms with Crippen LogP contribution in [0.3, 0.4) is 0 Å². The average Bonchev–Trinajstić information content (AvgIpc) is 2.73. The first-order valence-electron chi connectivity index (χ1n) is 10.2. The highest BCUT2D eigenvalue weighted by Crippen LogP contribution is 2.42. The van der Waals surface area contributed by atoms with Gasteiger partial charge in [-0.15, -0.1) is 10.2 Å². The Bertz CT molecular complexity index is 1040. The number of nitrogens with one attached hydrogen (secondary N) is 1. The molecule has 4 rings (SSSR count). The number of H-pyrrole nitrogens is 1. The van der Waals surface area contributed by atoms with Crippen LogP contribution in [-0.4, -0.2) is 38.5 Å². The van der Waals surface area contributed by atoms with Crippen molar-refractivity contribution >= 4 is 29.4 Å². The number of nitrogens with two attached hydrogens (primary N) is 2. The van der Waals surface area contributed by atoms with E-state index in [0.717, 1.165) is 50.0 Å². The fraction of sp³-hybridized carbons (Fsp3) is 0.450. The van der Waals surface area contributed by atoms with Gasteiger partial charge in [-0.25, -0.2) is 4.99 Å². The van der Waals surface area contributed by atoms with E-state index < -0.39 is 5.66 Å². The molecule has 9 nitrogen and oxygen atoms in total. The number of hydrogen-bond donors (Lipinski definition) is 3. The number of aliphatic imine (C=N–C) groups is 2. The normalized spacial score (nSPS) is 18.2. The summed E-state index contributed by atoms with van der Waals surface area (Å²) in [4.78, 5) is 26.5. The first kappa shape index (κ1) is 20.4. The van der Waals surface area contributed by atoms with Crippen LogP contribution in [0.4, 0.5) is 5.69 Å². The summed E-state index contributed by atoms with van der Waals surface area (Å²) in [6, 6.07) is 7.52. The lowest BCUT2D eigenvalue weighted by Gasteiger charge is -2.46. The molecule has 10 heteroatoms. The minimum Gasteiger partial charge on any atom is -0.369 e. The largest absolute Gasteiger partial charge is 0.369 e. The number of rotatable bonds is 5. The van der Waals surface area contributed by atoms with Crippen LogP contribution in [0.25, 0.3) is 11.3 Å². The number of nitrogens with zero attached hydrogens (tertiary/aromatic N) is 5.